The lowest BCUT2D eigenvalue weighted by molar-refractivity contribution is -0.274. The standard InChI is InChI=1S/C23H16F5N5O3/c24-10-3-19-20(12-2-1-11(4-18(12)35-19)36-23(26,27)28)32(8-10)22(34)13-5-16-15(6-14(13)25)31-21(29)17-7-30-9-33(16)17/h1-2,4-7,9-10,19-20H,3,8H2,(H2,29,31)/t10?,19?,20-/m0/s1. The molecule has 0 bridgehead atoms. The fraction of sp³-hybridized carbons (Fsp3) is 0.261. The molecule has 4 heterocycles. The molecule has 2 aliphatic rings. The molecule has 1 fully saturated rings. The maximum absolute atomic E-state index is 15.1. The molecule has 1 saturated heterocycles. The summed E-state index contributed by atoms with van der Waals surface area (Å²) < 4.78 is 78.9. The summed E-state index contributed by atoms with van der Waals surface area (Å²) in [6, 6.07) is 4.99. The van der Waals surface area contributed by atoms with Crippen LogP contribution in [-0.2, 0) is 0 Å². The number of likely N-dealkylation sites (tertiary alicyclic amines) is 1. The van der Waals surface area contributed by atoms with Crippen LogP contribution in [0.2, 0.25) is 0 Å². The molecule has 36 heavy (non-hydrogen) atoms. The summed E-state index contributed by atoms with van der Waals surface area (Å²) in [6.07, 6.45) is -4.42. The fourth-order valence-corrected chi connectivity index (χ4v) is 4.91. The number of alkyl halides is 4. The third kappa shape index (κ3) is 3.53. The highest BCUT2D eigenvalue weighted by Gasteiger charge is 2.47. The first-order valence-electron chi connectivity index (χ1n) is 10.8. The maximum Gasteiger partial charge on any atom is 0.573 e. The number of hydrogen-bond acceptors (Lipinski definition) is 6. The van der Waals surface area contributed by atoms with Crippen LogP contribution in [0, 0.1) is 5.82 Å². The first kappa shape index (κ1) is 22.3. The third-order valence-corrected chi connectivity index (χ3v) is 6.34. The summed E-state index contributed by atoms with van der Waals surface area (Å²) in [7, 11) is 0. The van der Waals surface area contributed by atoms with E-state index in [0.29, 0.717) is 16.6 Å². The van der Waals surface area contributed by atoms with Crippen LogP contribution in [-0.4, -0.2) is 50.4 Å². The quantitative estimate of drug-likeness (QED) is 0.411. The first-order chi connectivity index (χ1) is 17.1. The zero-order chi connectivity index (χ0) is 25.4. The normalized spacial score (nSPS) is 21.4. The van der Waals surface area contributed by atoms with Crippen molar-refractivity contribution < 1.29 is 36.2 Å². The number of carbonyl (C=O) groups is 1. The number of nitrogens with zero attached hydrogens (tertiary/aromatic N) is 4. The Bertz CT molecular complexity index is 1540. The van der Waals surface area contributed by atoms with Gasteiger partial charge in [0, 0.05) is 24.1 Å². The second-order valence-electron chi connectivity index (χ2n) is 8.61. The fourth-order valence-electron chi connectivity index (χ4n) is 4.91. The van der Waals surface area contributed by atoms with Crippen molar-refractivity contribution in [3.8, 4) is 11.5 Å². The largest absolute Gasteiger partial charge is 0.573 e. The number of fused-ring (bicyclic) bond motifs is 6. The first-order valence-corrected chi connectivity index (χ1v) is 10.8. The number of anilines is 1. The van der Waals surface area contributed by atoms with Crippen molar-refractivity contribution in [1.82, 2.24) is 19.3 Å². The van der Waals surface area contributed by atoms with Crippen LogP contribution in [0.3, 0.4) is 0 Å². The highest BCUT2D eigenvalue weighted by Crippen LogP contribution is 2.47. The highest BCUT2D eigenvalue weighted by molar-refractivity contribution is 5.99. The molecule has 2 N–H and O–H groups in total. The predicted octanol–water partition coefficient (Wildman–Crippen LogP) is 4.19. The van der Waals surface area contributed by atoms with Crippen molar-refractivity contribution in [1.29, 1.82) is 0 Å². The highest BCUT2D eigenvalue weighted by atomic mass is 19.4. The van der Waals surface area contributed by atoms with E-state index in [0.717, 1.165) is 23.1 Å². The minimum atomic E-state index is -4.90. The Labute approximate surface area is 199 Å². The summed E-state index contributed by atoms with van der Waals surface area (Å²) in [6.45, 7) is -0.346. The van der Waals surface area contributed by atoms with E-state index in [2.05, 4.69) is 14.7 Å². The molecular formula is C23H16F5N5O3. The lowest BCUT2D eigenvalue weighted by atomic mass is 9.92. The monoisotopic (exact) mass is 505 g/mol. The number of carbonyl (C=O) groups excluding carboxylic acids is 1. The van der Waals surface area contributed by atoms with Gasteiger partial charge in [-0.1, -0.05) is 0 Å². The van der Waals surface area contributed by atoms with E-state index in [-0.39, 0.29) is 35.6 Å². The Morgan fingerprint density at radius 3 is 2.78 bits per heavy atom. The Morgan fingerprint density at radius 2 is 2.00 bits per heavy atom. The average Bonchev–Trinajstić information content (AvgIpc) is 3.41. The lowest BCUT2D eigenvalue weighted by Crippen LogP contribution is -2.49. The van der Waals surface area contributed by atoms with Gasteiger partial charge in [-0.05, 0) is 18.2 Å². The summed E-state index contributed by atoms with van der Waals surface area (Å²) in [5.74, 6) is -2.02. The van der Waals surface area contributed by atoms with Crippen LogP contribution >= 0.6 is 0 Å². The van der Waals surface area contributed by atoms with Crippen LogP contribution < -0.4 is 15.2 Å². The van der Waals surface area contributed by atoms with Gasteiger partial charge in [0.1, 0.15) is 40.9 Å². The molecule has 4 aromatic rings. The van der Waals surface area contributed by atoms with Gasteiger partial charge in [0.2, 0.25) is 0 Å². The van der Waals surface area contributed by atoms with Gasteiger partial charge in [-0.15, -0.1) is 13.2 Å². The number of halogens is 5. The minimum absolute atomic E-state index is 0.0393. The molecule has 2 aromatic heterocycles. The SMILES string of the molecule is Nc1nc2cc(F)c(C(=O)N3CC(F)CC4Oc5cc(OC(F)(F)F)ccc5[C@@H]43)cc2n2cncc12. The Morgan fingerprint density at radius 1 is 1.19 bits per heavy atom. The van der Waals surface area contributed by atoms with Crippen molar-refractivity contribution in [2.45, 2.75) is 31.1 Å². The van der Waals surface area contributed by atoms with E-state index in [1.54, 1.807) is 4.40 Å². The number of piperidine rings is 1. The predicted molar refractivity (Wildman–Crippen MR) is 116 cm³/mol. The lowest BCUT2D eigenvalue weighted by Gasteiger charge is -2.38. The molecule has 13 heteroatoms. The van der Waals surface area contributed by atoms with Crippen molar-refractivity contribution >= 4 is 28.3 Å². The number of nitrogens with two attached hydrogens (primary N) is 1. The van der Waals surface area contributed by atoms with Crippen LogP contribution in [0.4, 0.5) is 27.8 Å². The Hall–Kier alpha value is -4.16. The molecule has 8 nitrogen and oxygen atoms in total. The number of hydrogen-bond donors (Lipinski definition) is 1. The van der Waals surface area contributed by atoms with Crippen molar-refractivity contribution in [3.05, 3.63) is 59.8 Å². The molecule has 1 amide bonds. The van der Waals surface area contributed by atoms with Gasteiger partial charge < -0.3 is 20.1 Å². The third-order valence-electron chi connectivity index (χ3n) is 6.34. The van der Waals surface area contributed by atoms with E-state index >= 15 is 4.39 Å². The van der Waals surface area contributed by atoms with Gasteiger partial charge in [-0.25, -0.2) is 18.7 Å². The van der Waals surface area contributed by atoms with Crippen LogP contribution in [0.1, 0.15) is 28.4 Å². The summed E-state index contributed by atoms with van der Waals surface area (Å²) in [4.78, 5) is 22.9. The van der Waals surface area contributed by atoms with Gasteiger partial charge >= 0.3 is 6.36 Å². The van der Waals surface area contributed by atoms with E-state index in [1.807, 2.05) is 0 Å². The summed E-state index contributed by atoms with van der Waals surface area (Å²) in [5, 5.41) is 0. The van der Waals surface area contributed by atoms with E-state index in [9.17, 15) is 22.4 Å². The number of ether oxygens (including phenoxy) is 2. The van der Waals surface area contributed by atoms with Crippen molar-refractivity contribution in [2.75, 3.05) is 12.3 Å². The Balaban J connectivity index is 1.41. The van der Waals surface area contributed by atoms with Crippen molar-refractivity contribution in [2.24, 2.45) is 0 Å². The number of aromatic nitrogens is 3. The zero-order valence-corrected chi connectivity index (χ0v) is 18.2. The Kier molecular flexibility index (Phi) is 4.75. The second kappa shape index (κ2) is 7.67. The number of benzene rings is 2. The van der Waals surface area contributed by atoms with Crippen LogP contribution in [0.5, 0.6) is 11.5 Å². The molecule has 6 rings (SSSR count). The maximum atomic E-state index is 15.1. The van der Waals surface area contributed by atoms with Gasteiger partial charge in [0.05, 0.1) is 41.7 Å². The molecule has 2 aromatic carbocycles. The summed E-state index contributed by atoms with van der Waals surface area (Å²) in [5.41, 5.74) is 6.96. The smallest absolute Gasteiger partial charge is 0.487 e. The molecule has 0 radical (unpaired) electrons. The van der Waals surface area contributed by atoms with Gasteiger partial charge in [0.25, 0.3) is 5.91 Å². The molecule has 186 valence electrons. The number of imidazole rings is 1. The molecule has 3 atom stereocenters. The number of amides is 1. The molecule has 2 unspecified atom stereocenters. The van der Waals surface area contributed by atoms with E-state index in [1.165, 1.54) is 24.7 Å². The van der Waals surface area contributed by atoms with Gasteiger partial charge in [-0.3, -0.25) is 9.20 Å². The molecule has 0 aliphatic carbocycles. The zero-order valence-electron chi connectivity index (χ0n) is 18.2. The van der Waals surface area contributed by atoms with E-state index in [4.69, 9.17) is 10.5 Å². The molecule has 0 saturated carbocycles. The van der Waals surface area contributed by atoms with Gasteiger partial charge in [0.15, 0.2) is 0 Å². The summed E-state index contributed by atoms with van der Waals surface area (Å²) >= 11 is 0. The second-order valence-corrected chi connectivity index (χ2v) is 8.61. The molecular weight excluding hydrogens is 489 g/mol. The van der Waals surface area contributed by atoms with Crippen LogP contribution in [0.15, 0.2) is 42.9 Å². The molecule has 2 aliphatic heterocycles. The minimum Gasteiger partial charge on any atom is -0.487 e. The topological polar surface area (TPSA) is 95.0 Å². The molecule has 0 spiro atoms. The van der Waals surface area contributed by atoms with Gasteiger partial charge in [-0.2, -0.15) is 0 Å². The average molecular weight is 505 g/mol. The van der Waals surface area contributed by atoms with E-state index < -0.39 is 42.2 Å². The van der Waals surface area contributed by atoms with Crippen molar-refractivity contribution in [3.63, 3.8) is 0 Å². The number of nitrogen functional groups attached to an aromatic ring is 1. The number of rotatable bonds is 2. The van der Waals surface area contributed by atoms with Crippen LogP contribution in [0.25, 0.3) is 16.6 Å².